The first-order chi connectivity index (χ1) is 12.5. The number of carbonyl (C=O) groups is 1. The van der Waals surface area contributed by atoms with Crippen molar-refractivity contribution in [3.05, 3.63) is 82.1 Å². The zero-order valence-corrected chi connectivity index (χ0v) is 13.8. The van der Waals surface area contributed by atoms with Gasteiger partial charge in [0.25, 0.3) is 5.91 Å². The molecular weight excluding hydrogens is 338 g/mol. The lowest BCUT2D eigenvalue weighted by molar-refractivity contribution is -0.386. The van der Waals surface area contributed by atoms with Crippen LogP contribution in [0, 0.1) is 17.0 Å². The fourth-order valence-corrected chi connectivity index (χ4v) is 2.25. The summed E-state index contributed by atoms with van der Waals surface area (Å²) in [5.41, 5.74) is 1.24. The van der Waals surface area contributed by atoms with Crippen molar-refractivity contribution in [1.29, 1.82) is 0 Å². The Balaban J connectivity index is 1.66. The minimum absolute atomic E-state index is 0.0353. The molecule has 2 heterocycles. The Kier molecular flexibility index (Phi) is 4.93. The lowest BCUT2D eigenvalue weighted by atomic mass is 10.2. The van der Waals surface area contributed by atoms with E-state index >= 15 is 0 Å². The monoisotopic (exact) mass is 353 g/mol. The van der Waals surface area contributed by atoms with Crippen molar-refractivity contribution < 1.29 is 18.9 Å². The van der Waals surface area contributed by atoms with Gasteiger partial charge >= 0.3 is 5.69 Å². The summed E-state index contributed by atoms with van der Waals surface area (Å²) < 4.78 is 10.9. The second kappa shape index (κ2) is 7.47. The van der Waals surface area contributed by atoms with E-state index in [-0.39, 0.29) is 23.8 Å². The number of rotatable bonds is 6. The SMILES string of the molecule is Cc1ccc(OCc2ccc(C(=O)Nc3ccncc3)o2)c([N+](=O)[O-])c1. The summed E-state index contributed by atoms with van der Waals surface area (Å²) in [6, 6.07) is 11.1. The molecule has 0 spiro atoms. The standard InChI is InChI=1S/C18H15N3O5/c1-12-2-4-16(15(10-12)21(23)24)25-11-14-3-5-17(26-14)18(22)20-13-6-8-19-9-7-13/h2-10H,11H2,1H3,(H,19,20,22). The highest BCUT2D eigenvalue weighted by Gasteiger charge is 2.17. The third-order valence-corrected chi connectivity index (χ3v) is 3.50. The Bertz CT molecular complexity index is 937. The lowest BCUT2D eigenvalue weighted by Crippen LogP contribution is -2.10. The number of ether oxygens (including phenoxy) is 1. The molecule has 0 saturated carbocycles. The minimum Gasteiger partial charge on any atom is -0.479 e. The maximum absolute atomic E-state index is 12.1. The number of nitro groups is 1. The normalized spacial score (nSPS) is 10.3. The topological polar surface area (TPSA) is 108 Å². The van der Waals surface area contributed by atoms with Gasteiger partial charge in [-0.15, -0.1) is 0 Å². The summed E-state index contributed by atoms with van der Waals surface area (Å²) in [4.78, 5) is 26.6. The molecule has 3 aromatic rings. The number of furan rings is 1. The summed E-state index contributed by atoms with van der Waals surface area (Å²) in [5.74, 6) is 0.210. The molecule has 0 saturated heterocycles. The molecule has 3 rings (SSSR count). The van der Waals surface area contributed by atoms with Crippen LogP contribution in [0.2, 0.25) is 0 Å². The molecule has 2 aromatic heterocycles. The average Bonchev–Trinajstić information content (AvgIpc) is 3.10. The molecule has 0 atom stereocenters. The Morgan fingerprint density at radius 2 is 2.00 bits per heavy atom. The van der Waals surface area contributed by atoms with E-state index < -0.39 is 10.8 Å². The Morgan fingerprint density at radius 3 is 2.73 bits per heavy atom. The smallest absolute Gasteiger partial charge is 0.311 e. The molecule has 0 fully saturated rings. The van der Waals surface area contributed by atoms with Crippen LogP contribution in [0.3, 0.4) is 0 Å². The fraction of sp³-hybridized carbons (Fsp3) is 0.111. The van der Waals surface area contributed by atoms with Crippen molar-refractivity contribution in [2.45, 2.75) is 13.5 Å². The molecule has 132 valence electrons. The summed E-state index contributed by atoms with van der Waals surface area (Å²) in [6.07, 6.45) is 3.12. The quantitative estimate of drug-likeness (QED) is 0.534. The lowest BCUT2D eigenvalue weighted by Gasteiger charge is -2.06. The molecule has 1 aromatic carbocycles. The van der Waals surface area contributed by atoms with Crippen LogP contribution in [0.1, 0.15) is 21.9 Å². The third kappa shape index (κ3) is 4.04. The van der Waals surface area contributed by atoms with E-state index in [4.69, 9.17) is 9.15 Å². The van der Waals surface area contributed by atoms with E-state index in [1.165, 1.54) is 18.2 Å². The number of amides is 1. The number of hydrogen-bond donors (Lipinski definition) is 1. The van der Waals surface area contributed by atoms with Crippen molar-refractivity contribution >= 4 is 17.3 Å². The number of aromatic nitrogens is 1. The molecular formula is C18H15N3O5. The van der Waals surface area contributed by atoms with Crippen molar-refractivity contribution in [3.63, 3.8) is 0 Å². The van der Waals surface area contributed by atoms with Gasteiger partial charge in [0.15, 0.2) is 11.5 Å². The van der Waals surface area contributed by atoms with E-state index in [9.17, 15) is 14.9 Å². The third-order valence-electron chi connectivity index (χ3n) is 3.50. The molecule has 8 nitrogen and oxygen atoms in total. The molecule has 0 aliphatic heterocycles. The molecule has 1 N–H and O–H groups in total. The average molecular weight is 353 g/mol. The number of nitrogens with zero attached hydrogens (tertiary/aromatic N) is 2. The highest BCUT2D eigenvalue weighted by Crippen LogP contribution is 2.28. The Labute approximate surface area is 148 Å². The van der Waals surface area contributed by atoms with Crippen molar-refractivity contribution in [1.82, 2.24) is 4.98 Å². The number of hydrogen-bond acceptors (Lipinski definition) is 6. The highest BCUT2D eigenvalue weighted by atomic mass is 16.6. The van der Waals surface area contributed by atoms with Crippen molar-refractivity contribution in [3.8, 4) is 5.75 Å². The highest BCUT2D eigenvalue weighted by molar-refractivity contribution is 6.02. The van der Waals surface area contributed by atoms with Gasteiger partial charge in [-0.05, 0) is 42.8 Å². The van der Waals surface area contributed by atoms with Gasteiger partial charge in [0.05, 0.1) is 4.92 Å². The van der Waals surface area contributed by atoms with Gasteiger partial charge in [-0.3, -0.25) is 19.9 Å². The number of benzene rings is 1. The van der Waals surface area contributed by atoms with Gasteiger partial charge in [-0.25, -0.2) is 0 Å². The van der Waals surface area contributed by atoms with Crippen LogP contribution in [0.4, 0.5) is 11.4 Å². The van der Waals surface area contributed by atoms with E-state index in [2.05, 4.69) is 10.3 Å². The van der Waals surface area contributed by atoms with E-state index in [1.807, 2.05) is 0 Å². The van der Waals surface area contributed by atoms with Gasteiger partial charge in [0.2, 0.25) is 0 Å². The number of aryl methyl sites for hydroxylation is 1. The van der Waals surface area contributed by atoms with Gasteiger partial charge in [0, 0.05) is 24.1 Å². The second-order valence-electron chi connectivity index (χ2n) is 5.47. The molecule has 0 radical (unpaired) electrons. The largest absolute Gasteiger partial charge is 0.479 e. The van der Waals surface area contributed by atoms with Crippen LogP contribution in [-0.2, 0) is 6.61 Å². The van der Waals surface area contributed by atoms with Crippen LogP contribution in [0.5, 0.6) is 5.75 Å². The molecule has 1 amide bonds. The zero-order chi connectivity index (χ0) is 18.5. The number of nitro benzene ring substituents is 1. The summed E-state index contributed by atoms with van der Waals surface area (Å²) in [7, 11) is 0. The molecule has 0 aliphatic carbocycles. The first kappa shape index (κ1) is 17.2. The second-order valence-corrected chi connectivity index (χ2v) is 5.47. The van der Waals surface area contributed by atoms with Gasteiger partial charge < -0.3 is 14.5 Å². The summed E-state index contributed by atoms with van der Waals surface area (Å²) in [5, 5.41) is 13.8. The van der Waals surface area contributed by atoms with E-state index in [1.54, 1.807) is 43.6 Å². The first-order valence-corrected chi connectivity index (χ1v) is 7.71. The summed E-state index contributed by atoms with van der Waals surface area (Å²) in [6.45, 7) is 1.73. The van der Waals surface area contributed by atoms with Crippen LogP contribution in [0.25, 0.3) is 0 Å². The predicted octanol–water partition coefficient (Wildman–Crippen LogP) is 3.72. The number of carbonyl (C=O) groups excluding carboxylic acids is 1. The van der Waals surface area contributed by atoms with Crippen LogP contribution >= 0.6 is 0 Å². The number of anilines is 1. The van der Waals surface area contributed by atoms with Gasteiger partial charge in [0.1, 0.15) is 12.4 Å². The van der Waals surface area contributed by atoms with Crippen LogP contribution in [0.15, 0.2) is 59.3 Å². The zero-order valence-electron chi connectivity index (χ0n) is 13.8. The molecule has 0 bridgehead atoms. The minimum atomic E-state index is -0.502. The van der Waals surface area contributed by atoms with E-state index in [0.29, 0.717) is 11.4 Å². The number of pyridine rings is 1. The van der Waals surface area contributed by atoms with Crippen molar-refractivity contribution in [2.24, 2.45) is 0 Å². The molecule has 8 heteroatoms. The fourth-order valence-electron chi connectivity index (χ4n) is 2.25. The number of nitrogens with one attached hydrogen (secondary N) is 1. The molecule has 0 aliphatic rings. The van der Waals surface area contributed by atoms with Crippen LogP contribution in [-0.4, -0.2) is 15.8 Å². The summed E-state index contributed by atoms with van der Waals surface area (Å²) >= 11 is 0. The Hall–Kier alpha value is -3.68. The maximum atomic E-state index is 12.1. The predicted molar refractivity (Wildman–Crippen MR) is 93.1 cm³/mol. The molecule has 0 unspecified atom stereocenters. The molecule has 26 heavy (non-hydrogen) atoms. The van der Waals surface area contributed by atoms with E-state index in [0.717, 1.165) is 5.56 Å². The Morgan fingerprint density at radius 1 is 1.23 bits per heavy atom. The van der Waals surface area contributed by atoms with Gasteiger partial charge in [-0.1, -0.05) is 6.07 Å². The maximum Gasteiger partial charge on any atom is 0.311 e. The van der Waals surface area contributed by atoms with Gasteiger partial charge in [-0.2, -0.15) is 0 Å². The first-order valence-electron chi connectivity index (χ1n) is 7.71. The van der Waals surface area contributed by atoms with Crippen molar-refractivity contribution in [2.75, 3.05) is 5.32 Å². The van der Waals surface area contributed by atoms with Crippen LogP contribution < -0.4 is 10.1 Å².